The van der Waals surface area contributed by atoms with Crippen LogP contribution in [0.2, 0.25) is 0 Å². The third-order valence-corrected chi connectivity index (χ3v) is 4.17. The molecule has 1 aromatic heterocycles. The first-order valence-electron chi connectivity index (χ1n) is 6.48. The van der Waals surface area contributed by atoms with Crippen LogP contribution in [0.4, 0.5) is 0 Å². The Morgan fingerprint density at radius 3 is 3.06 bits per heavy atom. The van der Waals surface area contributed by atoms with Crippen LogP contribution in [-0.4, -0.2) is 22.1 Å². The van der Waals surface area contributed by atoms with Crippen molar-refractivity contribution in [2.75, 3.05) is 6.61 Å². The van der Waals surface area contributed by atoms with E-state index in [1.807, 2.05) is 13.1 Å². The van der Waals surface area contributed by atoms with E-state index in [1.54, 1.807) is 6.33 Å². The van der Waals surface area contributed by atoms with Gasteiger partial charge in [-0.15, -0.1) is 0 Å². The van der Waals surface area contributed by atoms with Crippen molar-refractivity contribution in [3.63, 3.8) is 0 Å². The maximum atomic E-state index is 11.5. The zero-order valence-electron chi connectivity index (χ0n) is 10.1. The van der Waals surface area contributed by atoms with Gasteiger partial charge in [-0.1, -0.05) is 6.42 Å². The lowest BCUT2D eigenvalue weighted by Gasteiger charge is -2.22. The Kier molecular flexibility index (Phi) is 2.65. The van der Waals surface area contributed by atoms with Crippen LogP contribution in [0.5, 0.6) is 0 Å². The van der Waals surface area contributed by atoms with Gasteiger partial charge in [0.1, 0.15) is 0 Å². The number of fused-ring (bicyclic) bond motifs is 2. The molecule has 0 saturated heterocycles. The lowest BCUT2D eigenvalue weighted by Crippen LogP contribution is -2.14. The molecule has 92 valence electrons. The average molecular weight is 234 g/mol. The normalized spacial score (nSPS) is 30.8. The van der Waals surface area contributed by atoms with Crippen LogP contribution in [0.1, 0.15) is 49.1 Å². The van der Waals surface area contributed by atoms with E-state index in [1.165, 1.54) is 25.7 Å². The fourth-order valence-corrected chi connectivity index (χ4v) is 3.40. The van der Waals surface area contributed by atoms with Crippen molar-refractivity contribution in [3.8, 4) is 0 Å². The van der Waals surface area contributed by atoms with Gasteiger partial charge >= 0.3 is 5.97 Å². The summed E-state index contributed by atoms with van der Waals surface area (Å²) in [6.45, 7) is 2.21. The van der Waals surface area contributed by atoms with Crippen molar-refractivity contribution in [3.05, 3.63) is 18.2 Å². The van der Waals surface area contributed by atoms with E-state index in [-0.39, 0.29) is 5.97 Å². The summed E-state index contributed by atoms with van der Waals surface area (Å²) in [5, 5.41) is 0. The number of nitrogens with zero attached hydrogens (tertiary/aromatic N) is 2. The molecular weight excluding hydrogens is 216 g/mol. The first-order valence-corrected chi connectivity index (χ1v) is 6.48. The second-order valence-electron chi connectivity index (χ2n) is 5.17. The van der Waals surface area contributed by atoms with E-state index < -0.39 is 0 Å². The molecule has 3 rings (SSSR count). The highest BCUT2D eigenvalue weighted by atomic mass is 16.5. The largest absolute Gasteiger partial charge is 0.461 e. The number of imidazole rings is 1. The molecule has 0 aromatic carbocycles. The molecular formula is C13H18N2O2. The van der Waals surface area contributed by atoms with E-state index in [0.717, 1.165) is 11.8 Å². The Balaban J connectivity index is 1.74. The molecule has 2 aliphatic carbocycles. The van der Waals surface area contributed by atoms with Crippen molar-refractivity contribution >= 4 is 5.97 Å². The number of ether oxygens (including phenoxy) is 1. The van der Waals surface area contributed by atoms with Gasteiger partial charge < -0.3 is 9.30 Å². The maximum Gasteiger partial charge on any atom is 0.358 e. The summed E-state index contributed by atoms with van der Waals surface area (Å²) in [5.74, 6) is 1.39. The fraction of sp³-hybridized carbons (Fsp3) is 0.692. The molecule has 4 heteroatoms. The molecule has 1 aromatic rings. The van der Waals surface area contributed by atoms with E-state index in [4.69, 9.17) is 4.74 Å². The molecule has 2 fully saturated rings. The number of hydrogen-bond donors (Lipinski definition) is 0. The summed E-state index contributed by atoms with van der Waals surface area (Å²) >= 11 is 0. The van der Waals surface area contributed by atoms with Crippen molar-refractivity contribution in [2.45, 2.75) is 38.6 Å². The minimum Gasteiger partial charge on any atom is -0.461 e. The Hall–Kier alpha value is -1.32. The van der Waals surface area contributed by atoms with Gasteiger partial charge in [0.05, 0.1) is 12.9 Å². The standard InChI is InChI=1S/C13H18N2O2/c1-2-17-13(16)11-7-15(8-14-11)12-6-9-3-4-10(12)5-9/h7-10,12H,2-6H2,1H3/t9?,10?,12-/m1/s1. The Bertz CT molecular complexity index is 427. The van der Waals surface area contributed by atoms with E-state index >= 15 is 0 Å². The number of rotatable bonds is 3. The highest BCUT2D eigenvalue weighted by Gasteiger charge is 2.40. The molecule has 4 nitrogen and oxygen atoms in total. The summed E-state index contributed by atoms with van der Waals surface area (Å²) in [5.41, 5.74) is 0.439. The molecule has 0 aliphatic heterocycles. The van der Waals surface area contributed by atoms with Gasteiger partial charge in [0.2, 0.25) is 0 Å². The summed E-state index contributed by atoms with van der Waals surface area (Å²) < 4.78 is 7.07. The zero-order chi connectivity index (χ0) is 11.8. The molecule has 17 heavy (non-hydrogen) atoms. The lowest BCUT2D eigenvalue weighted by molar-refractivity contribution is 0.0520. The zero-order valence-corrected chi connectivity index (χ0v) is 10.1. The summed E-state index contributed by atoms with van der Waals surface area (Å²) in [7, 11) is 0. The molecule has 3 atom stereocenters. The first kappa shape index (κ1) is 10.8. The van der Waals surface area contributed by atoms with Crippen LogP contribution in [0.15, 0.2) is 12.5 Å². The summed E-state index contributed by atoms with van der Waals surface area (Å²) in [6.07, 6.45) is 8.98. The van der Waals surface area contributed by atoms with Gasteiger partial charge in [0, 0.05) is 12.2 Å². The van der Waals surface area contributed by atoms with Gasteiger partial charge in [-0.2, -0.15) is 0 Å². The van der Waals surface area contributed by atoms with Gasteiger partial charge in [0.15, 0.2) is 5.69 Å². The summed E-state index contributed by atoms with van der Waals surface area (Å²) in [6, 6.07) is 0.560. The molecule has 0 radical (unpaired) electrons. The van der Waals surface area contributed by atoms with Crippen LogP contribution >= 0.6 is 0 Å². The van der Waals surface area contributed by atoms with Crippen LogP contribution in [-0.2, 0) is 4.74 Å². The molecule has 2 unspecified atom stereocenters. The Morgan fingerprint density at radius 1 is 1.53 bits per heavy atom. The fourth-order valence-electron chi connectivity index (χ4n) is 3.40. The second kappa shape index (κ2) is 4.17. The smallest absolute Gasteiger partial charge is 0.358 e. The van der Waals surface area contributed by atoms with Gasteiger partial charge in [-0.25, -0.2) is 9.78 Å². The third-order valence-electron chi connectivity index (χ3n) is 4.17. The van der Waals surface area contributed by atoms with E-state index in [0.29, 0.717) is 18.3 Å². The van der Waals surface area contributed by atoms with Crippen molar-refractivity contribution in [2.24, 2.45) is 11.8 Å². The summed E-state index contributed by atoms with van der Waals surface area (Å²) in [4.78, 5) is 15.7. The minimum atomic E-state index is -0.311. The molecule has 2 saturated carbocycles. The Morgan fingerprint density at radius 2 is 2.41 bits per heavy atom. The van der Waals surface area contributed by atoms with Crippen LogP contribution < -0.4 is 0 Å². The SMILES string of the molecule is CCOC(=O)c1cn([C@@H]2CC3CCC2C3)cn1. The number of hydrogen-bond acceptors (Lipinski definition) is 3. The molecule has 2 bridgehead atoms. The van der Waals surface area contributed by atoms with Crippen LogP contribution in [0, 0.1) is 11.8 Å². The number of aromatic nitrogens is 2. The molecule has 0 amide bonds. The lowest BCUT2D eigenvalue weighted by atomic mass is 9.95. The maximum absolute atomic E-state index is 11.5. The molecule has 1 heterocycles. The van der Waals surface area contributed by atoms with Crippen LogP contribution in [0.25, 0.3) is 0 Å². The molecule has 0 spiro atoms. The van der Waals surface area contributed by atoms with Crippen LogP contribution in [0.3, 0.4) is 0 Å². The minimum absolute atomic E-state index is 0.311. The monoisotopic (exact) mass is 234 g/mol. The number of esters is 1. The second-order valence-corrected chi connectivity index (χ2v) is 5.17. The topological polar surface area (TPSA) is 44.1 Å². The van der Waals surface area contributed by atoms with Gasteiger partial charge in [-0.05, 0) is 38.0 Å². The van der Waals surface area contributed by atoms with Gasteiger partial charge in [-0.3, -0.25) is 0 Å². The van der Waals surface area contributed by atoms with Crippen molar-refractivity contribution in [1.82, 2.24) is 9.55 Å². The molecule has 0 N–H and O–H groups in total. The van der Waals surface area contributed by atoms with E-state index in [9.17, 15) is 4.79 Å². The average Bonchev–Trinajstić information content (AvgIpc) is 3.05. The van der Waals surface area contributed by atoms with Crippen molar-refractivity contribution in [1.29, 1.82) is 0 Å². The third kappa shape index (κ3) is 1.85. The van der Waals surface area contributed by atoms with E-state index in [2.05, 4.69) is 9.55 Å². The number of carbonyl (C=O) groups excluding carboxylic acids is 1. The van der Waals surface area contributed by atoms with Crippen molar-refractivity contribution < 1.29 is 9.53 Å². The quantitative estimate of drug-likeness (QED) is 0.754. The highest BCUT2D eigenvalue weighted by Crippen LogP contribution is 2.50. The Labute approximate surface area is 101 Å². The first-order chi connectivity index (χ1) is 8.28. The van der Waals surface area contributed by atoms with Gasteiger partial charge in [0.25, 0.3) is 0 Å². The predicted molar refractivity (Wildman–Crippen MR) is 62.7 cm³/mol. The molecule has 2 aliphatic rings. The highest BCUT2D eigenvalue weighted by molar-refractivity contribution is 5.86. The predicted octanol–water partition coefficient (Wildman–Crippen LogP) is 2.42. The number of carbonyl (C=O) groups is 1.